The van der Waals surface area contributed by atoms with Gasteiger partial charge in [0.15, 0.2) is 11.8 Å². The van der Waals surface area contributed by atoms with Gasteiger partial charge in [-0.05, 0) is 0 Å². The van der Waals surface area contributed by atoms with Crippen molar-refractivity contribution < 1.29 is 29.0 Å². The molecule has 1 N–H and O–H groups in total. The zero-order valence-electron chi connectivity index (χ0n) is 10.7. The third kappa shape index (κ3) is 2.21. The fourth-order valence-corrected chi connectivity index (χ4v) is 2.41. The van der Waals surface area contributed by atoms with Crippen molar-refractivity contribution in [3.05, 3.63) is 12.2 Å². The summed E-state index contributed by atoms with van der Waals surface area (Å²) in [5.41, 5.74) is -1.66. The van der Waals surface area contributed by atoms with E-state index in [1.165, 1.54) is 6.92 Å². The van der Waals surface area contributed by atoms with Crippen LogP contribution in [0.5, 0.6) is 0 Å². The molecule has 1 amide bonds. The van der Waals surface area contributed by atoms with Crippen molar-refractivity contribution in [2.24, 2.45) is 0 Å². The fourth-order valence-electron chi connectivity index (χ4n) is 2.41. The molecule has 0 spiro atoms. The molecule has 2 aliphatic heterocycles. The van der Waals surface area contributed by atoms with Crippen molar-refractivity contribution in [1.29, 1.82) is 0 Å². The molecular weight excluding hydrogens is 254 g/mol. The van der Waals surface area contributed by atoms with Crippen LogP contribution in [0.25, 0.3) is 0 Å². The molecule has 2 heterocycles. The van der Waals surface area contributed by atoms with Crippen molar-refractivity contribution >= 4 is 17.8 Å². The number of fused-ring (bicyclic) bond motifs is 1. The van der Waals surface area contributed by atoms with Crippen LogP contribution in [-0.2, 0) is 23.9 Å². The summed E-state index contributed by atoms with van der Waals surface area (Å²) in [5, 5.41) is 10.6. The van der Waals surface area contributed by atoms with Gasteiger partial charge in [0.1, 0.15) is 0 Å². The number of amides is 1. The van der Waals surface area contributed by atoms with E-state index in [2.05, 4.69) is 0 Å². The lowest BCUT2D eigenvalue weighted by molar-refractivity contribution is -0.190. The lowest BCUT2D eigenvalue weighted by atomic mass is 9.99. The highest BCUT2D eigenvalue weighted by atomic mass is 16.6. The van der Waals surface area contributed by atoms with Crippen LogP contribution in [0, 0.1) is 0 Å². The summed E-state index contributed by atoms with van der Waals surface area (Å²) in [6.07, 6.45) is 1.01. The first-order valence-corrected chi connectivity index (χ1v) is 5.89. The fraction of sp³-hybridized carbons (Fsp3) is 0.583. The van der Waals surface area contributed by atoms with Crippen molar-refractivity contribution in [2.45, 2.75) is 38.2 Å². The van der Waals surface area contributed by atoms with Gasteiger partial charge in [-0.1, -0.05) is 12.2 Å². The van der Waals surface area contributed by atoms with E-state index in [4.69, 9.17) is 9.47 Å². The number of nitrogens with zero attached hydrogens (tertiary/aromatic N) is 1. The Labute approximate surface area is 109 Å². The lowest BCUT2D eigenvalue weighted by Gasteiger charge is -2.37. The van der Waals surface area contributed by atoms with Crippen LogP contribution < -0.4 is 0 Å². The highest BCUT2D eigenvalue weighted by molar-refractivity contribution is 5.88. The maximum atomic E-state index is 12.1. The third-order valence-electron chi connectivity index (χ3n) is 3.17. The molecule has 104 valence electrons. The summed E-state index contributed by atoms with van der Waals surface area (Å²) in [4.78, 5) is 35.5. The van der Waals surface area contributed by atoms with Crippen LogP contribution in [0.4, 0.5) is 0 Å². The van der Waals surface area contributed by atoms with Gasteiger partial charge in [-0.3, -0.25) is 14.4 Å². The molecule has 2 aliphatic rings. The number of ether oxygens (including phenoxy) is 2. The van der Waals surface area contributed by atoms with Gasteiger partial charge in [0, 0.05) is 26.8 Å². The number of hydrogen-bond acceptors (Lipinski definition) is 6. The second kappa shape index (κ2) is 4.65. The minimum Gasteiger partial charge on any atom is -0.453 e. The largest absolute Gasteiger partial charge is 0.453 e. The van der Waals surface area contributed by atoms with Gasteiger partial charge < -0.3 is 19.5 Å². The Morgan fingerprint density at radius 2 is 1.95 bits per heavy atom. The minimum absolute atomic E-state index is 0.119. The molecule has 1 saturated heterocycles. The number of hydrogen-bond donors (Lipinski definition) is 1. The predicted molar refractivity (Wildman–Crippen MR) is 61.5 cm³/mol. The first kappa shape index (κ1) is 13.5. The zero-order valence-corrected chi connectivity index (χ0v) is 10.7. The van der Waals surface area contributed by atoms with Crippen LogP contribution in [0.1, 0.15) is 20.3 Å². The molecule has 3 atom stereocenters. The number of esters is 2. The van der Waals surface area contributed by atoms with E-state index in [-0.39, 0.29) is 13.0 Å². The smallest absolute Gasteiger partial charge is 0.303 e. The highest BCUT2D eigenvalue weighted by Gasteiger charge is 2.61. The Morgan fingerprint density at radius 3 is 2.53 bits per heavy atom. The predicted octanol–water partition coefficient (Wildman–Crippen LogP) is -0.660. The van der Waals surface area contributed by atoms with Crippen molar-refractivity contribution in [2.75, 3.05) is 6.54 Å². The zero-order chi connectivity index (χ0) is 14.2. The quantitative estimate of drug-likeness (QED) is 0.528. The summed E-state index contributed by atoms with van der Waals surface area (Å²) >= 11 is 0. The average Bonchev–Trinajstić information content (AvgIpc) is 2.50. The summed E-state index contributed by atoms with van der Waals surface area (Å²) < 4.78 is 9.90. The Hall–Kier alpha value is -1.89. The SMILES string of the molecule is CC(=O)O[C@@H]1[C@@H](OC(C)=O)C(=O)N2CC=CC[C@@]12O. The van der Waals surface area contributed by atoms with Gasteiger partial charge in [0.05, 0.1) is 0 Å². The van der Waals surface area contributed by atoms with Gasteiger partial charge in [-0.25, -0.2) is 0 Å². The van der Waals surface area contributed by atoms with Gasteiger partial charge >= 0.3 is 11.9 Å². The molecular formula is C12H15NO6. The van der Waals surface area contributed by atoms with Crippen molar-refractivity contribution in [1.82, 2.24) is 4.90 Å². The molecule has 0 aromatic heterocycles. The van der Waals surface area contributed by atoms with E-state index in [1.807, 2.05) is 0 Å². The second-order valence-electron chi connectivity index (χ2n) is 4.56. The maximum Gasteiger partial charge on any atom is 0.303 e. The molecule has 1 fully saturated rings. The molecule has 2 rings (SSSR count). The van der Waals surface area contributed by atoms with Gasteiger partial charge in [-0.2, -0.15) is 0 Å². The molecule has 0 radical (unpaired) electrons. The molecule has 0 aromatic rings. The van der Waals surface area contributed by atoms with Crippen LogP contribution in [0.15, 0.2) is 12.2 Å². The van der Waals surface area contributed by atoms with Gasteiger partial charge in [0.25, 0.3) is 5.91 Å². The van der Waals surface area contributed by atoms with E-state index in [0.29, 0.717) is 0 Å². The summed E-state index contributed by atoms with van der Waals surface area (Å²) in [5.74, 6) is -1.89. The van der Waals surface area contributed by atoms with Crippen LogP contribution in [0.3, 0.4) is 0 Å². The Bertz CT molecular complexity index is 459. The standard InChI is InChI=1S/C12H15NO6/c1-7(14)18-9-10(19-8(2)15)12(17)5-3-4-6-13(12)11(9)16/h3-4,9-10,17H,5-6H2,1-2H3/t9-,10-,12-/m1/s1. The second-order valence-corrected chi connectivity index (χ2v) is 4.56. The third-order valence-corrected chi connectivity index (χ3v) is 3.17. The van der Waals surface area contributed by atoms with Gasteiger partial charge in [0.2, 0.25) is 6.10 Å². The lowest BCUT2D eigenvalue weighted by Crippen LogP contribution is -2.54. The number of carbonyl (C=O) groups is 3. The Balaban J connectivity index is 2.35. The van der Waals surface area contributed by atoms with E-state index >= 15 is 0 Å². The molecule has 7 heteroatoms. The molecule has 0 bridgehead atoms. The normalized spacial score (nSPS) is 33.0. The maximum absolute atomic E-state index is 12.1. The molecule has 19 heavy (non-hydrogen) atoms. The topological polar surface area (TPSA) is 93.1 Å². The van der Waals surface area contributed by atoms with Gasteiger partial charge in [-0.15, -0.1) is 0 Å². The molecule has 0 unspecified atom stereocenters. The van der Waals surface area contributed by atoms with Crippen LogP contribution in [-0.4, -0.2) is 52.3 Å². The summed E-state index contributed by atoms with van der Waals surface area (Å²) in [7, 11) is 0. The van der Waals surface area contributed by atoms with Crippen molar-refractivity contribution in [3.63, 3.8) is 0 Å². The number of rotatable bonds is 2. The van der Waals surface area contributed by atoms with E-state index < -0.39 is 35.8 Å². The van der Waals surface area contributed by atoms with Crippen molar-refractivity contribution in [3.8, 4) is 0 Å². The minimum atomic E-state index is -1.66. The van der Waals surface area contributed by atoms with E-state index in [0.717, 1.165) is 11.8 Å². The van der Waals surface area contributed by atoms with Crippen LogP contribution in [0.2, 0.25) is 0 Å². The molecule has 0 aliphatic carbocycles. The Morgan fingerprint density at radius 1 is 1.32 bits per heavy atom. The highest BCUT2D eigenvalue weighted by Crippen LogP contribution is 2.37. The molecule has 0 aromatic carbocycles. The summed E-state index contributed by atoms with van der Waals surface area (Å²) in [6.45, 7) is 2.50. The van der Waals surface area contributed by atoms with E-state index in [1.54, 1.807) is 12.2 Å². The number of carbonyl (C=O) groups excluding carboxylic acids is 3. The Kier molecular flexibility index (Phi) is 3.32. The first-order chi connectivity index (χ1) is 8.86. The number of aliphatic hydroxyl groups is 1. The molecule has 7 nitrogen and oxygen atoms in total. The monoisotopic (exact) mass is 269 g/mol. The first-order valence-electron chi connectivity index (χ1n) is 5.89. The summed E-state index contributed by atoms with van der Waals surface area (Å²) in [6, 6.07) is 0. The van der Waals surface area contributed by atoms with Crippen LogP contribution >= 0.6 is 0 Å². The van der Waals surface area contributed by atoms with E-state index in [9.17, 15) is 19.5 Å². The molecule has 0 saturated carbocycles. The average molecular weight is 269 g/mol.